The summed E-state index contributed by atoms with van der Waals surface area (Å²) < 4.78 is 16.8. The fraction of sp³-hybridized carbons (Fsp3) is 0.368. The molecule has 1 aliphatic heterocycles. The van der Waals surface area contributed by atoms with Crippen LogP contribution in [0.5, 0.6) is 17.2 Å². The van der Waals surface area contributed by atoms with Crippen molar-refractivity contribution >= 4 is 0 Å². The first-order valence-electron chi connectivity index (χ1n) is 7.70. The maximum Gasteiger partial charge on any atom is 0.161 e. The number of fused-ring (bicyclic) bond motifs is 1. The van der Waals surface area contributed by atoms with E-state index in [0.717, 1.165) is 22.6 Å². The number of aliphatic hydroxyl groups excluding tert-OH is 1. The van der Waals surface area contributed by atoms with Gasteiger partial charge in [0.1, 0.15) is 11.9 Å². The average Bonchev–Trinajstić information content (AvgIpc) is 2.72. The lowest BCUT2D eigenvalue weighted by Gasteiger charge is -2.19. The van der Waals surface area contributed by atoms with Crippen LogP contribution in [0.1, 0.15) is 31.1 Å². The van der Waals surface area contributed by atoms with Crippen LogP contribution in [-0.4, -0.2) is 25.4 Å². The second-order valence-electron chi connectivity index (χ2n) is 6.62. The third kappa shape index (κ3) is 3.42. The zero-order chi connectivity index (χ0) is 16.4. The van der Waals surface area contributed by atoms with Crippen molar-refractivity contribution in [3.05, 3.63) is 53.6 Å². The van der Waals surface area contributed by atoms with Gasteiger partial charge in [0.15, 0.2) is 11.5 Å². The van der Waals surface area contributed by atoms with Crippen molar-refractivity contribution in [2.24, 2.45) is 5.41 Å². The average molecular weight is 314 g/mol. The molecule has 0 radical (unpaired) electrons. The van der Waals surface area contributed by atoms with E-state index >= 15 is 0 Å². The van der Waals surface area contributed by atoms with Crippen LogP contribution in [0.15, 0.2) is 42.5 Å². The van der Waals surface area contributed by atoms with Crippen LogP contribution >= 0.6 is 0 Å². The van der Waals surface area contributed by atoms with E-state index in [0.29, 0.717) is 19.0 Å². The zero-order valence-corrected chi connectivity index (χ0v) is 13.7. The Morgan fingerprint density at radius 2 is 1.57 bits per heavy atom. The smallest absolute Gasteiger partial charge is 0.161 e. The largest absolute Gasteiger partial charge is 0.497 e. The Bertz CT molecular complexity index is 676. The Hall–Kier alpha value is -2.20. The predicted octanol–water partition coefficient (Wildman–Crippen LogP) is 3.57. The maximum absolute atomic E-state index is 10.6. The number of hydrogen-bond donors (Lipinski definition) is 1. The fourth-order valence-corrected chi connectivity index (χ4v) is 2.49. The van der Waals surface area contributed by atoms with Gasteiger partial charge in [-0.2, -0.15) is 0 Å². The van der Waals surface area contributed by atoms with E-state index in [2.05, 4.69) is 13.8 Å². The van der Waals surface area contributed by atoms with Gasteiger partial charge in [-0.15, -0.1) is 0 Å². The molecule has 3 rings (SSSR count). The number of aliphatic hydroxyl groups is 1. The first-order chi connectivity index (χ1) is 11.0. The van der Waals surface area contributed by atoms with Crippen LogP contribution in [0.4, 0.5) is 0 Å². The predicted molar refractivity (Wildman–Crippen MR) is 88.3 cm³/mol. The molecule has 0 saturated heterocycles. The molecule has 23 heavy (non-hydrogen) atoms. The van der Waals surface area contributed by atoms with Crippen molar-refractivity contribution in [2.75, 3.05) is 20.3 Å². The summed E-state index contributed by atoms with van der Waals surface area (Å²) in [7, 11) is 1.62. The Labute approximate surface area is 136 Å². The van der Waals surface area contributed by atoms with Gasteiger partial charge >= 0.3 is 0 Å². The second-order valence-corrected chi connectivity index (χ2v) is 6.62. The summed E-state index contributed by atoms with van der Waals surface area (Å²) in [5.41, 5.74) is 1.55. The lowest BCUT2D eigenvalue weighted by molar-refractivity contribution is 0.140. The Morgan fingerprint density at radius 1 is 0.957 bits per heavy atom. The Morgan fingerprint density at radius 3 is 2.22 bits per heavy atom. The third-order valence-electron chi connectivity index (χ3n) is 3.95. The summed E-state index contributed by atoms with van der Waals surface area (Å²) in [6.07, 6.45) is -0.717. The first-order valence-corrected chi connectivity index (χ1v) is 7.70. The molecular formula is C19H22O4. The molecule has 4 nitrogen and oxygen atoms in total. The van der Waals surface area contributed by atoms with Crippen LogP contribution in [0.3, 0.4) is 0 Å². The molecule has 0 spiro atoms. The molecule has 1 N–H and O–H groups in total. The summed E-state index contributed by atoms with van der Waals surface area (Å²) >= 11 is 0. The fourth-order valence-electron chi connectivity index (χ4n) is 2.49. The monoisotopic (exact) mass is 314 g/mol. The Balaban J connectivity index is 1.85. The molecule has 1 atom stereocenters. The van der Waals surface area contributed by atoms with Crippen molar-refractivity contribution in [2.45, 2.75) is 20.0 Å². The first kappa shape index (κ1) is 15.7. The topological polar surface area (TPSA) is 47.9 Å². The highest BCUT2D eigenvalue weighted by Gasteiger charge is 2.25. The molecule has 0 aromatic heterocycles. The molecule has 0 fully saturated rings. The molecule has 0 aliphatic carbocycles. The van der Waals surface area contributed by atoms with Gasteiger partial charge in [0.05, 0.1) is 20.3 Å². The Kier molecular flexibility index (Phi) is 4.18. The number of methoxy groups -OCH3 is 1. The molecule has 4 heteroatoms. The second kappa shape index (κ2) is 6.13. The molecule has 1 heterocycles. The van der Waals surface area contributed by atoms with E-state index in [1.165, 1.54) is 0 Å². The highest BCUT2D eigenvalue weighted by Crippen LogP contribution is 2.36. The minimum Gasteiger partial charge on any atom is -0.497 e. The van der Waals surface area contributed by atoms with E-state index in [1.54, 1.807) is 7.11 Å². The minimum absolute atomic E-state index is 0.0339. The van der Waals surface area contributed by atoms with Crippen molar-refractivity contribution in [1.29, 1.82) is 0 Å². The van der Waals surface area contributed by atoms with Crippen LogP contribution in [0, 0.1) is 5.41 Å². The summed E-state index contributed by atoms with van der Waals surface area (Å²) in [5, 5.41) is 10.6. The summed E-state index contributed by atoms with van der Waals surface area (Å²) in [6, 6.07) is 13.0. The number of rotatable bonds is 3. The van der Waals surface area contributed by atoms with Crippen molar-refractivity contribution in [3.8, 4) is 17.2 Å². The van der Waals surface area contributed by atoms with Gasteiger partial charge in [-0.25, -0.2) is 0 Å². The molecule has 1 aliphatic rings. The highest BCUT2D eigenvalue weighted by atomic mass is 16.5. The molecule has 0 saturated carbocycles. The van der Waals surface area contributed by atoms with Gasteiger partial charge in [-0.1, -0.05) is 32.0 Å². The minimum atomic E-state index is -0.717. The van der Waals surface area contributed by atoms with Gasteiger partial charge in [0.25, 0.3) is 0 Å². The molecule has 0 bridgehead atoms. The zero-order valence-electron chi connectivity index (χ0n) is 13.7. The summed E-state index contributed by atoms with van der Waals surface area (Å²) in [4.78, 5) is 0. The number of benzene rings is 2. The normalized spacial score (nSPS) is 17.2. The van der Waals surface area contributed by atoms with Crippen molar-refractivity contribution in [3.63, 3.8) is 0 Å². The van der Waals surface area contributed by atoms with Gasteiger partial charge in [0.2, 0.25) is 0 Å². The van der Waals surface area contributed by atoms with E-state index in [1.807, 2.05) is 42.5 Å². The van der Waals surface area contributed by atoms with Crippen molar-refractivity contribution < 1.29 is 19.3 Å². The van der Waals surface area contributed by atoms with Gasteiger partial charge in [-0.05, 0) is 35.4 Å². The summed E-state index contributed by atoms with van der Waals surface area (Å²) in [5.74, 6) is 2.17. The van der Waals surface area contributed by atoms with Gasteiger partial charge in [0, 0.05) is 5.41 Å². The van der Waals surface area contributed by atoms with E-state index in [9.17, 15) is 5.11 Å². The van der Waals surface area contributed by atoms with Gasteiger partial charge < -0.3 is 19.3 Å². The van der Waals surface area contributed by atoms with Crippen LogP contribution in [0.2, 0.25) is 0 Å². The van der Waals surface area contributed by atoms with E-state index in [4.69, 9.17) is 14.2 Å². The van der Waals surface area contributed by atoms with Crippen LogP contribution < -0.4 is 14.2 Å². The molecule has 122 valence electrons. The van der Waals surface area contributed by atoms with Crippen LogP contribution in [0.25, 0.3) is 0 Å². The third-order valence-corrected chi connectivity index (χ3v) is 3.95. The molecule has 0 unspecified atom stereocenters. The maximum atomic E-state index is 10.6. The molecule has 2 aromatic carbocycles. The highest BCUT2D eigenvalue weighted by molar-refractivity contribution is 5.46. The summed E-state index contributed by atoms with van der Waals surface area (Å²) in [6.45, 7) is 5.40. The van der Waals surface area contributed by atoms with E-state index in [-0.39, 0.29) is 5.41 Å². The number of ether oxygens (including phenoxy) is 3. The van der Waals surface area contributed by atoms with E-state index < -0.39 is 6.10 Å². The lowest BCUT2D eigenvalue weighted by Crippen LogP contribution is -2.26. The molecule has 0 amide bonds. The van der Waals surface area contributed by atoms with Gasteiger partial charge in [-0.3, -0.25) is 0 Å². The van der Waals surface area contributed by atoms with Crippen LogP contribution in [-0.2, 0) is 0 Å². The molecule has 2 aromatic rings. The van der Waals surface area contributed by atoms with Crippen molar-refractivity contribution in [1.82, 2.24) is 0 Å². The quantitative estimate of drug-likeness (QED) is 0.941. The SMILES string of the molecule is COc1ccc([C@H](O)c2ccc3c(c2)OCC(C)(C)CO3)cc1. The standard InChI is InChI=1S/C19H22O4/c1-19(2)11-22-16-9-6-14(10-17(16)23-12-19)18(20)13-4-7-15(21-3)8-5-13/h4-10,18,20H,11-12H2,1-3H3/t18-/m0/s1. The lowest BCUT2D eigenvalue weighted by atomic mass is 9.97. The molecular weight excluding hydrogens is 292 g/mol. The number of hydrogen-bond acceptors (Lipinski definition) is 4.